The van der Waals surface area contributed by atoms with Gasteiger partial charge in [0.05, 0.1) is 6.54 Å². The van der Waals surface area contributed by atoms with Crippen LogP contribution in [0.4, 0.5) is 0 Å². The van der Waals surface area contributed by atoms with Crippen LogP contribution in [0.2, 0.25) is 0 Å². The molecule has 0 fully saturated rings. The molecule has 0 aliphatic rings. The van der Waals surface area contributed by atoms with E-state index in [0.717, 1.165) is 19.3 Å². The Morgan fingerprint density at radius 1 is 1.10 bits per heavy atom. The fraction of sp³-hybridized carbons (Fsp3) is 0.867. The zero-order valence-corrected chi connectivity index (χ0v) is 13.7. The molecule has 0 atom stereocenters. The SMILES string of the molecule is CCCN(CC(=O)N(C)C)C(=O)CCC(C)(C)CCN. The van der Waals surface area contributed by atoms with Gasteiger partial charge in [-0.3, -0.25) is 9.59 Å². The summed E-state index contributed by atoms with van der Waals surface area (Å²) in [7, 11) is 3.42. The summed E-state index contributed by atoms with van der Waals surface area (Å²) < 4.78 is 0. The average molecular weight is 285 g/mol. The van der Waals surface area contributed by atoms with Crippen LogP contribution >= 0.6 is 0 Å². The van der Waals surface area contributed by atoms with E-state index in [9.17, 15) is 9.59 Å². The average Bonchev–Trinajstić information content (AvgIpc) is 2.35. The molecule has 0 unspecified atom stereocenters. The van der Waals surface area contributed by atoms with E-state index in [1.807, 2.05) is 6.92 Å². The molecule has 0 spiro atoms. The molecule has 5 heteroatoms. The van der Waals surface area contributed by atoms with Crippen LogP contribution < -0.4 is 5.73 Å². The summed E-state index contributed by atoms with van der Waals surface area (Å²) in [6, 6.07) is 0. The minimum Gasteiger partial charge on any atom is -0.347 e. The lowest BCUT2D eigenvalue weighted by atomic mass is 9.84. The second-order valence-electron chi connectivity index (χ2n) is 6.31. The molecule has 118 valence electrons. The van der Waals surface area contributed by atoms with E-state index in [4.69, 9.17) is 5.73 Å². The van der Waals surface area contributed by atoms with Gasteiger partial charge in [-0.25, -0.2) is 0 Å². The maximum atomic E-state index is 12.3. The maximum Gasteiger partial charge on any atom is 0.241 e. The highest BCUT2D eigenvalue weighted by molar-refractivity contribution is 5.84. The van der Waals surface area contributed by atoms with E-state index >= 15 is 0 Å². The van der Waals surface area contributed by atoms with E-state index in [2.05, 4.69) is 13.8 Å². The van der Waals surface area contributed by atoms with Crippen LogP contribution in [0, 0.1) is 5.41 Å². The number of rotatable bonds is 9. The molecule has 0 bridgehead atoms. The number of nitrogens with zero attached hydrogens (tertiary/aromatic N) is 2. The van der Waals surface area contributed by atoms with Gasteiger partial charge >= 0.3 is 0 Å². The van der Waals surface area contributed by atoms with E-state index < -0.39 is 0 Å². The summed E-state index contributed by atoms with van der Waals surface area (Å²) in [5.74, 6) is 0.0279. The standard InChI is InChI=1S/C15H31N3O2/c1-6-11-18(12-14(20)17(4)5)13(19)7-8-15(2,3)9-10-16/h6-12,16H2,1-5H3. The highest BCUT2D eigenvalue weighted by atomic mass is 16.2. The van der Waals surface area contributed by atoms with Crippen molar-refractivity contribution >= 4 is 11.8 Å². The summed E-state index contributed by atoms with van der Waals surface area (Å²) in [6.45, 7) is 7.72. The van der Waals surface area contributed by atoms with Gasteiger partial charge in [-0.05, 0) is 31.2 Å². The third-order valence-corrected chi connectivity index (χ3v) is 3.51. The summed E-state index contributed by atoms with van der Waals surface area (Å²) in [6.07, 6.45) is 3.05. The van der Waals surface area contributed by atoms with Crippen molar-refractivity contribution in [1.29, 1.82) is 0 Å². The highest BCUT2D eigenvalue weighted by Gasteiger charge is 2.22. The van der Waals surface area contributed by atoms with Crippen molar-refractivity contribution in [2.45, 2.75) is 46.5 Å². The van der Waals surface area contributed by atoms with Gasteiger partial charge in [0.25, 0.3) is 0 Å². The van der Waals surface area contributed by atoms with E-state index in [1.165, 1.54) is 4.90 Å². The van der Waals surface area contributed by atoms with Gasteiger partial charge in [0.2, 0.25) is 11.8 Å². The van der Waals surface area contributed by atoms with Gasteiger partial charge in [0.15, 0.2) is 0 Å². The van der Waals surface area contributed by atoms with E-state index in [1.54, 1.807) is 19.0 Å². The molecule has 0 rings (SSSR count). The monoisotopic (exact) mass is 285 g/mol. The van der Waals surface area contributed by atoms with Crippen molar-refractivity contribution < 1.29 is 9.59 Å². The maximum absolute atomic E-state index is 12.3. The third kappa shape index (κ3) is 7.48. The normalized spacial score (nSPS) is 11.3. The quantitative estimate of drug-likeness (QED) is 0.697. The number of likely N-dealkylation sites (N-methyl/N-ethyl adjacent to an activating group) is 1. The van der Waals surface area contributed by atoms with Crippen LogP contribution in [-0.4, -0.2) is 55.3 Å². The smallest absolute Gasteiger partial charge is 0.241 e. The lowest BCUT2D eigenvalue weighted by Crippen LogP contribution is -2.41. The molecular weight excluding hydrogens is 254 g/mol. The lowest BCUT2D eigenvalue weighted by molar-refractivity contribution is -0.139. The van der Waals surface area contributed by atoms with Gasteiger partial charge in [0.1, 0.15) is 0 Å². The number of amides is 2. The van der Waals surface area contributed by atoms with Crippen molar-refractivity contribution in [2.24, 2.45) is 11.1 Å². The Morgan fingerprint density at radius 3 is 2.15 bits per heavy atom. The van der Waals surface area contributed by atoms with Crippen molar-refractivity contribution in [3.63, 3.8) is 0 Å². The summed E-state index contributed by atoms with van der Waals surface area (Å²) in [5, 5.41) is 0. The lowest BCUT2D eigenvalue weighted by Gasteiger charge is -2.27. The number of carbonyl (C=O) groups is 2. The Morgan fingerprint density at radius 2 is 1.70 bits per heavy atom. The number of carbonyl (C=O) groups excluding carboxylic acids is 2. The molecule has 0 aromatic heterocycles. The van der Waals surface area contributed by atoms with Crippen LogP contribution in [0.1, 0.15) is 46.5 Å². The summed E-state index contributed by atoms with van der Waals surface area (Å²) in [5.41, 5.74) is 5.66. The molecular formula is C15H31N3O2. The molecule has 2 N–H and O–H groups in total. The fourth-order valence-corrected chi connectivity index (χ4v) is 1.99. The van der Waals surface area contributed by atoms with Crippen LogP contribution in [-0.2, 0) is 9.59 Å². The molecule has 2 amide bonds. The first-order valence-corrected chi connectivity index (χ1v) is 7.41. The molecule has 5 nitrogen and oxygen atoms in total. The molecule has 0 aliphatic carbocycles. The van der Waals surface area contributed by atoms with Gasteiger partial charge in [-0.1, -0.05) is 20.8 Å². The molecule has 0 heterocycles. The highest BCUT2D eigenvalue weighted by Crippen LogP contribution is 2.26. The van der Waals surface area contributed by atoms with Crippen molar-refractivity contribution in [3.8, 4) is 0 Å². The molecule has 0 aromatic rings. The predicted molar refractivity (Wildman–Crippen MR) is 82.3 cm³/mol. The molecule has 0 aliphatic heterocycles. The minimum absolute atomic E-state index is 0.0342. The number of hydrogen-bond acceptors (Lipinski definition) is 3. The minimum atomic E-state index is -0.0342. The third-order valence-electron chi connectivity index (χ3n) is 3.51. The number of nitrogens with two attached hydrogens (primary N) is 1. The topological polar surface area (TPSA) is 66.6 Å². The van der Waals surface area contributed by atoms with Crippen LogP contribution in [0.5, 0.6) is 0 Å². The van der Waals surface area contributed by atoms with Gasteiger partial charge in [-0.2, -0.15) is 0 Å². The summed E-state index contributed by atoms with van der Waals surface area (Å²) in [4.78, 5) is 27.2. The molecule has 0 radical (unpaired) electrons. The van der Waals surface area contributed by atoms with E-state index in [0.29, 0.717) is 19.5 Å². The molecule has 0 saturated carbocycles. The van der Waals surface area contributed by atoms with Gasteiger partial charge in [-0.15, -0.1) is 0 Å². The Hall–Kier alpha value is -1.10. The van der Waals surface area contributed by atoms with Crippen LogP contribution in [0.25, 0.3) is 0 Å². The Kier molecular flexibility index (Phi) is 8.46. The first-order valence-electron chi connectivity index (χ1n) is 7.41. The van der Waals surface area contributed by atoms with E-state index in [-0.39, 0.29) is 23.8 Å². The first-order chi connectivity index (χ1) is 9.23. The summed E-state index contributed by atoms with van der Waals surface area (Å²) >= 11 is 0. The zero-order valence-electron chi connectivity index (χ0n) is 13.7. The molecule has 0 saturated heterocycles. The van der Waals surface area contributed by atoms with Gasteiger partial charge < -0.3 is 15.5 Å². The molecule has 0 aromatic carbocycles. The predicted octanol–water partition coefficient (Wildman–Crippen LogP) is 1.47. The first kappa shape index (κ1) is 18.9. The Bertz CT molecular complexity index is 314. The second kappa shape index (κ2) is 8.95. The van der Waals surface area contributed by atoms with Crippen molar-refractivity contribution in [3.05, 3.63) is 0 Å². The largest absolute Gasteiger partial charge is 0.347 e. The second-order valence-corrected chi connectivity index (χ2v) is 6.31. The van der Waals surface area contributed by atoms with Crippen LogP contribution in [0.3, 0.4) is 0 Å². The van der Waals surface area contributed by atoms with Gasteiger partial charge in [0, 0.05) is 27.1 Å². The van der Waals surface area contributed by atoms with Crippen LogP contribution in [0.15, 0.2) is 0 Å². The van der Waals surface area contributed by atoms with Crippen molar-refractivity contribution in [1.82, 2.24) is 9.80 Å². The zero-order chi connectivity index (χ0) is 15.8. The molecule has 20 heavy (non-hydrogen) atoms. The fourth-order valence-electron chi connectivity index (χ4n) is 1.99. The Labute approximate surface area is 123 Å². The van der Waals surface area contributed by atoms with Crippen molar-refractivity contribution in [2.75, 3.05) is 33.7 Å². The Balaban J connectivity index is 4.46. The number of hydrogen-bond donors (Lipinski definition) is 1.